The number of para-hydroxylation sites is 1. The average molecular weight is 395 g/mol. The van der Waals surface area contributed by atoms with E-state index in [1.165, 1.54) is 11.3 Å². The normalized spacial score (nSPS) is 11.3. The standard InChI is InChI=1S/C22H19ClN2OS/c1-4-25(18-11-13(2)9-10-14(18)3)22(26)19-12-16-20(27-19)15-7-5-6-8-17(15)24-21(16)23/h5-12H,4H2,1-3H3. The Kier molecular flexibility index (Phi) is 4.62. The van der Waals surface area contributed by atoms with Crippen molar-refractivity contribution in [1.29, 1.82) is 0 Å². The second-order valence-electron chi connectivity index (χ2n) is 6.61. The van der Waals surface area contributed by atoms with Gasteiger partial charge >= 0.3 is 0 Å². The van der Waals surface area contributed by atoms with Crippen LogP contribution in [0.4, 0.5) is 5.69 Å². The highest BCUT2D eigenvalue weighted by Crippen LogP contribution is 2.36. The summed E-state index contributed by atoms with van der Waals surface area (Å²) in [6.45, 7) is 6.67. The number of amides is 1. The molecule has 2 aromatic carbocycles. The molecule has 0 bridgehead atoms. The molecule has 0 saturated heterocycles. The molecule has 0 atom stereocenters. The number of anilines is 1. The van der Waals surface area contributed by atoms with Gasteiger partial charge in [0.1, 0.15) is 5.15 Å². The average Bonchev–Trinajstić information content (AvgIpc) is 3.11. The monoisotopic (exact) mass is 394 g/mol. The molecule has 0 aliphatic carbocycles. The molecule has 4 rings (SSSR count). The molecule has 2 aromatic heterocycles. The molecule has 0 aliphatic heterocycles. The molecule has 0 saturated carbocycles. The summed E-state index contributed by atoms with van der Waals surface area (Å²) >= 11 is 7.88. The molecule has 0 radical (unpaired) electrons. The third-order valence-electron chi connectivity index (χ3n) is 4.75. The molecular formula is C22H19ClN2OS. The number of rotatable bonds is 3. The van der Waals surface area contributed by atoms with E-state index in [0.29, 0.717) is 16.6 Å². The molecule has 3 nitrogen and oxygen atoms in total. The molecule has 0 fully saturated rings. The lowest BCUT2D eigenvalue weighted by molar-refractivity contribution is 0.0992. The van der Waals surface area contributed by atoms with Crippen LogP contribution in [-0.4, -0.2) is 17.4 Å². The fourth-order valence-corrected chi connectivity index (χ4v) is 4.78. The maximum atomic E-state index is 13.3. The van der Waals surface area contributed by atoms with Crippen molar-refractivity contribution < 1.29 is 4.79 Å². The SMILES string of the molecule is CCN(C(=O)c1cc2c(Cl)nc3ccccc3c2s1)c1cc(C)ccc1C. The van der Waals surface area contributed by atoms with Crippen LogP contribution in [0.2, 0.25) is 5.15 Å². The molecule has 27 heavy (non-hydrogen) atoms. The zero-order chi connectivity index (χ0) is 19.1. The first kappa shape index (κ1) is 18.0. The summed E-state index contributed by atoms with van der Waals surface area (Å²) in [5, 5.41) is 2.30. The highest BCUT2D eigenvalue weighted by Gasteiger charge is 2.22. The van der Waals surface area contributed by atoms with Gasteiger partial charge in [-0.1, -0.05) is 41.9 Å². The third-order valence-corrected chi connectivity index (χ3v) is 6.19. The molecule has 0 N–H and O–H groups in total. The number of carbonyl (C=O) groups is 1. The highest BCUT2D eigenvalue weighted by atomic mass is 35.5. The van der Waals surface area contributed by atoms with Crippen molar-refractivity contribution in [3.8, 4) is 0 Å². The number of fused-ring (bicyclic) bond motifs is 3. The van der Waals surface area contributed by atoms with Crippen LogP contribution in [0.1, 0.15) is 27.7 Å². The number of benzene rings is 2. The van der Waals surface area contributed by atoms with Gasteiger partial charge in [0.2, 0.25) is 0 Å². The summed E-state index contributed by atoms with van der Waals surface area (Å²) < 4.78 is 1.01. The molecule has 136 valence electrons. The first-order valence-electron chi connectivity index (χ1n) is 8.86. The van der Waals surface area contributed by atoms with Gasteiger partial charge in [0.15, 0.2) is 0 Å². The number of hydrogen-bond acceptors (Lipinski definition) is 3. The van der Waals surface area contributed by atoms with E-state index in [1.54, 1.807) is 0 Å². The van der Waals surface area contributed by atoms with Gasteiger partial charge in [-0.2, -0.15) is 0 Å². The summed E-state index contributed by atoms with van der Waals surface area (Å²) in [5.74, 6) is -0.00690. The fourth-order valence-electron chi connectivity index (χ4n) is 3.35. The molecule has 0 spiro atoms. The topological polar surface area (TPSA) is 33.2 Å². The molecule has 4 aromatic rings. The number of halogens is 1. The van der Waals surface area contributed by atoms with E-state index in [9.17, 15) is 4.79 Å². The van der Waals surface area contributed by atoms with E-state index >= 15 is 0 Å². The molecule has 0 unspecified atom stereocenters. The van der Waals surface area contributed by atoms with E-state index in [0.717, 1.165) is 37.8 Å². The van der Waals surface area contributed by atoms with Crippen LogP contribution in [0, 0.1) is 13.8 Å². The Morgan fingerprint density at radius 1 is 1.11 bits per heavy atom. The van der Waals surface area contributed by atoms with E-state index < -0.39 is 0 Å². The van der Waals surface area contributed by atoms with Crippen molar-refractivity contribution in [2.24, 2.45) is 0 Å². The van der Waals surface area contributed by atoms with Gasteiger partial charge < -0.3 is 4.90 Å². The van der Waals surface area contributed by atoms with E-state index in [-0.39, 0.29) is 5.91 Å². The van der Waals surface area contributed by atoms with Gasteiger partial charge in [-0.05, 0) is 50.1 Å². The lowest BCUT2D eigenvalue weighted by atomic mass is 10.1. The van der Waals surface area contributed by atoms with Crippen LogP contribution in [0.25, 0.3) is 21.0 Å². The third kappa shape index (κ3) is 3.09. The fraction of sp³-hybridized carbons (Fsp3) is 0.182. The number of pyridine rings is 1. The van der Waals surface area contributed by atoms with E-state index in [2.05, 4.69) is 23.2 Å². The quantitative estimate of drug-likeness (QED) is 0.377. The van der Waals surface area contributed by atoms with E-state index in [4.69, 9.17) is 11.6 Å². The van der Waals surface area contributed by atoms with Crippen LogP contribution in [-0.2, 0) is 0 Å². The Bertz CT molecular complexity index is 1180. The van der Waals surface area contributed by atoms with Crippen LogP contribution in [0.3, 0.4) is 0 Å². The molecular weight excluding hydrogens is 376 g/mol. The predicted octanol–water partition coefficient (Wildman–Crippen LogP) is 6.39. The van der Waals surface area contributed by atoms with Crippen molar-refractivity contribution in [3.05, 3.63) is 69.7 Å². The number of carbonyl (C=O) groups excluding carboxylic acids is 1. The Morgan fingerprint density at radius 2 is 1.89 bits per heavy atom. The number of thiophene rings is 1. The van der Waals surface area contributed by atoms with Crippen LogP contribution in [0.5, 0.6) is 0 Å². The smallest absolute Gasteiger partial charge is 0.268 e. The van der Waals surface area contributed by atoms with Crippen LogP contribution < -0.4 is 4.90 Å². The summed E-state index contributed by atoms with van der Waals surface area (Å²) in [6, 6.07) is 15.9. The Labute approximate surface area is 167 Å². The lowest BCUT2D eigenvalue weighted by Gasteiger charge is -2.22. The second-order valence-corrected chi connectivity index (χ2v) is 8.02. The first-order valence-corrected chi connectivity index (χ1v) is 10.1. The minimum absolute atomic E-state index is 0.00690. The zero-order valence-corrected chi connectivity index (χ0v) is 17.0. The minimum Gasteiger partial charge on any atom is -0.308 e. The predicted molar refractivity (Wildman–Crippen MR) is 115 cm³/mol. The lowest BCUT2D eigenvalue weighted by Crippen LogP contribution is -2.30. The van der Waals surface area contributed by atoms with Gasteiger partial charge in [-0.25, -0.2) is 4.98 Å². The largest absolute Gasteiger partial charge is 0.308 e. The van der Waals surface area contributed by atoms with Crippen molar-refractivity contribution in [2.45, 2.75) is 20.8 Å². The Hall–Kier alpha value is -2.43. The summed E-state index contributed by atoms with van der Waals surface area (Å²) in [5.41, 5.74) is 4.02. The van der Waals surface area contributed by atoms with Gasteiger partial charge in [0, 0.05) is 27.7 Å². The van der Waals surface area contributed by atoms with Gasteiger partial charge in [0.05, 0.1) is 10.4 Å². The second kappa shape index (κ2) is 6.95. The van der Waals surface area contributed by atoms with Crippen molar-refractivity contribution in [2.75, 3.05) is 11.4 Å². The summed E-state index contributed by atoms with van der Waals surface area (Å²) in [6.07, 6.45) is 0. The first-order chi connectivity index (χ1) is 13.0. The Morgan fingerprint density at radius 3 is 2.67 bits per heavy atom. The van der Waals surface area contributed by atoms with Crippen molar-refractivity contribution in [1.82, 2.24) is 4.98 Å². The number of aromatic nitrogens is 1. The number of aryl methyl sites for hydroxylation is 2. The van der Waals surface area contributed by atoms with Gasteiger partial charge in [0.25, 0.3) is 5.91 Å². The Balaban J connectivity index is 1.85. The molecule has 0 aliphatic rings. The van der Waals surface area contributed by atoms with E-state index in [1.807, 2.05) is 56.0 Å². The zero-order valence-electron chi connectivity index (χ0n) is 15.4. The highest BCUT2D eigenvalue weighted by molar-refractivity contribution is 7.22. The van der Waals surface area contributed by atoms with Crippen LogP contribution >= 0.6 is 22.9 Å². The summed E-state index contributed by atoms with van der Waals surface area (Å²) in [7, 11) is 0. The number of hydrogen-bond donors (Lipinski definition) is 0. The van der Waals surface area contributed by atoms with Gasteiger partial charge in [-0.3, -0.25) is 4.79 Å². The maximum absolute atomic E-state index is 13.3. The summed E-state index contributed by atoms with van der Waals surface area (Å²) in [4.78, 5) is 20.3. The van der Waals surface area contributed by atoms with Crippen molar-refractivity contribution in [3.63, 3.8) is 0 Å². The minimum atomic E-state index is -0.00690. The molecule has 2 heterocycles. The maximum Gasteiger partial charge on any atom is 0.268 e. The molecule has 5 heteroatoms. The van der Waals surface area contributed by atoms with Gasteiger partial charge in [-0.15, -0.1) is 11.3 Å². The van der Waals surface area contributed by atoms with Crippen molar-refractivity contribution >= 4 is 55.5 Å². The van der Waals surface area contributed by atoms with Crippen LogP contribution in [0.15, 0.2) is 48.5 Å². The molecule has 1 amide bonds. The number of nitrogens with zero attached hydrogens (tertiary/aromatic N) is 2.